The van der Waals surface area contributed by atoms with E-state index in [2.05, 4.69) is 56.5 Å². The van der Waals surface area contributed by atoms with Crippen LogP contribution in [-0.2, 0) is 13.0 Å². The highest BCUT2D eigenvalue weighted by molar-refractivity contribution is 7.07. The Morgan fingerprint density at radius 1 is 1.12 bits per heavy atom. The molecule has 1 fully saturated rings. The van der Waals surface area contributed by atoms with Crippen LogP contribution >= 0.6 is 11.3 Å². The third kappa shape index (κ3) is 4.06. The third-order valence-electron chi connectivity index (χ3n) is 5.00. The molecule has 4 rings (SSSR count). The number of pyridine rings is 1. The van der Waals surface area contributed by atoms with E-state index in [1.54, 1.807) is 11.3 Å². The number of rotatable bonds is 4. The number of hydrogen-bond donors (Lipinski definition) is 0. The fourth-order valence-electron chi connectivity index (χ4n) is 3.83. The number of aromatic nitrogens is 2. The number of benzene rings is 1. The minimum Gasteiger partial charge on any atom is -0.305 e. The van der Waals surface area contributed by atoms with Gasteiger partial charge in [-0.05, 0) is 37.1 Å². The Hall–Kier alpha value is -1.82. The molecular weight excluding hydrogens is 328 g/mol. The van der Waals surface area contributed by atoms with E-state index < -0.39 is 0 Å². The largest absolute Gasteiger partial charge is 0.305 e. The van der Waals surface area contributed by atoms with Gasteiger partial charge in [-0.1, -0.05) is 18.2 Å². The second-order valence-electron chi connectivity index (χ2n) is 7.03. The van der Waals surface area contributed by atoms with Crippen molar-refractivity contribution < 1.29 is 0 Å². The van der Waals surface area contributed by atoms with Gasteiger partial charge < -0.3 is 4.90 Å². The Bertz CT molecular complexity index is 812. The van der Waals surface area contributed by atoms with Crippen LogP contribution in [0.5, 0.6) is 0 Å². The molecule has 0 amide bonds. The second-order valence-corrected chi connectivity index (χ2v) is 7.75. The van der Waals surface area contributed by atoms with Crippen LogP contribution in [0, 0.1) is 5.92 Å². The zero-order valence-electron chi connectivity index (χ0n) is 14.6. The molecule has 0 radical (unpaired) electrons. The van der Waals surface area contributed by atoms with Crippen LogP contribution < -0.4 is 0 Å². The highest BCUT2D eigenvalue weighted by Crippen LogP contribution is 2.22. The van der Waals surface area contributed by atoms with Crippen molar-refractivity contribution >= 4 is 22.2 Å². The zero-order valence-corrected chi connectivity index (χ0v) is 15.5. The summed E-state index contributed by atoms with van der Waals surface area (Å²) in [7, 11) is 2.24. The van der Waals surface area contributed by atoms with Gasteiger partial charge in [-0.3, -0.25) is 9.88 Å². The number of nitrogens with zero attached hydrogens (tertiary/aromatic N) is 4. The lowest BCUT2D eigenvalue weighted by atomic mass is 9.95. The Labute approximate surface area is 153 Å². The van der Waals surface area contributed by atoms with E-state index >= 15 is 0 Å². The highest BCUT2D eigenvalue weighted by Gasteiger charge is 2.22. The van der Waals surface area contributed by atoms with Gasteiger partial charge in [0.15, 0.2) is 0 Å². The molecular formula is C20H24N4S. The molecule has 2 aromatic heterocycles. The minimum atomic E-state index is 0.622. The molecule has 1 aliphatic heterocycles. The molecule has 1 atom stereocenters. The quantitative estimate of drug-likeness (QED) is 0.721. The highest BCUT2D eigenvalue weighted by atomic mass is 32.1. The Morgan fingerprint density at radius 2 is 2.08 bits per heavy atom. The summed E-state index contributed by atoms with van der Waals surface area (Å²) >= 11 is 1.68. The normalized spacial score (nSPS) is 20.0. The summed E-state index contributed by atoms with van der Waals surface area (Å²) in [6.45, 7) is 5.47. The van der Waals surface area contributed by atoms with Gasteiger partial charge in [0.05, 0.1) is 16.7 Å². The number of fused-ring (bicyclic) bond motifs is 1. The van der Waals surface area contributed by atoms with Crippen molar-refractivity contribution in [1.82, 2.24) is 19.8 Å². The van der Waals surface area contributed by atoms with E-state index in [1.807, 2.05) is 17.8 Å². The van der Waals surface area contributed by atoms with Crippen LogP contribution in [0.4, 0.5) is 0 Å². The van der Waals surface area contributed by atoms with Crippen molar-refractivity contribution in [3.8, 4) is 0 Å². The van der Waals surface area contributed by atoms with Gasteiger partial charge in [-0.2, -0.15) is 0 Å². The summed E-state index contributed by atoms with van der Waals surface area (Å²) in [6, 6.07) is 10.7. The molecule has 3 aromatic rings. The van der Waals surface area contributed by atoms with Crippen LogP contribution in [-0.4, -0.2) is 53.0 Å². The molecule has 5 heteroatoms. The van der Waals surface area contributed by atoms with Gasteiger partial charge >= 0.3 is 0 Å². The predicted octanol–water partition coefficient (Wildman–Crippen LogP) is 3.30. The first-order chi connectivity index (χ1) is 12.3. The Kier molecular flexibility index (Phi) is 5.06. The topological polar surface area (TPSA) is 32.3 Å². The maximum Gasteiger partial charge on any atom is 0.0795 e. The first-order valence-corrected chi connectivity index (χ1v) is 9.83. The Balaban J connectivity index is 1.53. The average Bonchev–Trinajstić information content (AvgIpc) is 3.06. The maximum absolute atomic E-state index is 4.51. The van der Waals surface area contributed by atoms with Gasteiger partial charge in [0.25, 0.3) is 0 Å². The van der Waals surface area contributed by atoms with Crippen LogP contribution in [0.25, 0.3) is 10.9 Å². The molecule has 1 aromatic carbocycles. The van der Waals surface area contributed by atoms with Crippen LogP contribution in [0.3, 0.4) is 0 Å². The molecule has 4 nitrogen and oxygen atoms in total. The molecule has 1 aliphatic rings. The molecule has 130 valence electrons. The number of thiazole rings is 1. The fraction of sp³-hybridized carbons (Fsp3) is 0.400. The molecule has 0 bridgehead atoms. The van der Waals surface area contributed by atoms with Gasteiger partial charge in [0, 0.05) is 49.7 Å². The molecule has 0 N–H and O–H groups in total. The van der Waals surface area contributed by atoms with E-state index in [0.717, 1.165) is 44.7 Å². The summed E-state index contributed by atoms with van der Waals surface area (Å²) in [5.74, 6) is 0.622. The summed E-state index contributed by atoms with van der Waals surface area (Å²) in [5.41, 5.74) is 5.64. The van der Waals surface area contributed by atoms with Crippen LogP contribution in [0.15, 0.2) is 47.4 Å². The number of hydrogen-bond acceptors (Lipinski definition) is 5. The number of likely N-dealkylation sites (N-methyl/N-ethyl adjacent to an activating group) is 1. The van der Waals surface area contributed by atoms with Gasteiger partial charge in [0.2, 0.25) is 0 Å². The lowest BCUT2D eigenvalue weighted by Crippen LogP contribution is -2.30. The van der Waals surface area contributed by atoms with Crippen molar-refractivity contribution in [2.45, 2.75) is 13.0 Å². The van der Waals surface area contributed by atoms with Crippen molar-refractivity contribution in [2.75, 3.05) is 33.2 Å². The minimum absolute atomic E-state index is 0.622. The first-order valence-electron chi connectivity index (χ1n) is 8.88. The molecule has 1 saturated heterocycles. The lowest BCUT2D eigenvalue weighted by Gasteiger charge is -2.23. The molecule has 3 heterocycles. The summed E-state index contributed by atoms with van der Waals surface area (Å²) in [5, 5.41) is 3.46. The first kappa shape index (κ1) is 16.6. The van der Waals surface area contributed by atoms with Crippen LogP contribution in [0.1, 0.15) is 11.3 Å². The SMILES string of the molecule is CN1CCN(Cc2cscn2)C[C@H](Cc2cccc3ncccc23)C1. The fourth-order valence-corrected chi connectivity index (χ4v) is 4.38. The monoisotopic (exact) mass is 352 g/mol. The van der Waals surface area contributed by atoms with E-state index in [9.17, 15) is 0 Å². The summed E-state index contributed by atoms with van der Waals surface area (Å²) in [4.78, 5) is 14.0. The van der Waals surface area contributed by atoms with Crippen LogP contribution in [0.2, 0.25) is 0 Å². The van der Waals surface area contributed by atoms with Crippen molar-refractivity contribution in [3.63, 3.8) is 0 Å². The molecule has 25 heavy (non-hydrogen) atoms. The van der Waals surface area contributed by atoms with Crippen molar-refractivity contribution in [1.29, 1.82) is 0 Å². The maximum atomic E-state index is 4.51. The third-order valence-corrected chi connectivity index (χ3v) is 5.63. The van der Waals surface area contributed by atoms with Crippen molar-refractivity contribution in [3.05, 3.63) is 58.7 Å². The molecule has 0 saturated carbocycles. The Morgan fingerprint density at radius 3 is 2.96 bits per heavy atom. The average molecular weight is 353 g/mol. The van der Waals surface area contributed by atoms with Gasteiger partial charge in [0.1, 0.15) is 0 Å². The molecule has 0 aliphatic carbocycles. The van der Waals surface area contributed by atoms with E-state index in [-0.39, 0.29) is 0 Å². The predicted molar refractivity (Wildman–Crippen MR) is 104 cm³/mol. The van der Waals surface area contributed by atoms with E-state index in [1.165, 1.54) is 16.6 Å². The van der Waals surface area contributed by atoms with Gasteiger partial charge in [-0.25, -0.2) is 4.98 Å². The summed E-state index contributed by atoms with van der Waals surface area (Å²) in [6.07, 6.45) is 2.97. The standard InChI is InChI=1S/C20H24N4S/c1-23-8-9-24(13-18-14-25-15-22-18)12-16(11-23)10-17-4-2-6-20-19(17)5-3-7-21-20/h2-7,14-16H,8-13H2,1H3/t16-/m1/s1. The van der Waals surface area contributed by atoms with Crippen molar-refractivity contribution in [2.24, 2.45) is 5.92 Å². The lowest BCUT2D eigenvalue weighted by molar-refractivity contribution is 0.247. The molecule has 0 spiro atoms. The smallest absolute Gasteiger partial charge is 0.0795 e. The van der Waals surface area contributed by atoms with E-state index in [4.69, 9.17) is 0 Å². The van der Waals surface area contributed by atoms with Gasteiger partial charge in [-0.15, -0.1) is 11.3 Å². The summed E-state index contributed by atoms with van der Waals surface area (Å²) < 4.78 is 0. The molecule has 0 unspecified atom stereocenters. The second kappa shape index (κ2) is 7.60. The zero-order chi connectivity index (χ0) is 17.1. The van der Waals surface area contributed by atoms with E-state index in [0.29, 0.717) is 5.92 Å².